The van der Waals surface area contributed by atoms with Gasteiger partial charge < -0.3 is 60.1 Å². The molecule has 1 aliphatic heterocycles. The van der Waals surface area contributed by atoms with Crippen LogP contribution in [0.2, 0.25) is 0 Å². The Labute approximate surface area is 476 Å². The summed E-state index contributed by atoms with van der Waals surface area (Å²) in [5, 5.41) is 11.9. The molecule has 2 aromatic rings. The van der Waals surface area contributed by atoms with E-state index in [0.717, 1.165) is 49.1 Å². The van der Waals surface area contributed by atoms with Crippen LogP contribution < -0.4 is 21.7 Å². The second kappa shape index (κ2) is 38.2. The molecule has 1 aliphatic rings. The molecule has 6 amide bonds. The van der Waals surface area contributed by atoms with Crippen molar-refractivity contribution < 1.29 is 52.5 Å². The van der Waals surface area contributed by atoms with Gasteiger partial charge in [-0.15, -0.1) is 11.3 Å². The Hall–Kier alpha value is -4.57. The van der Waals surface area contributed by atoms with Crippen LogP contribution in [0.5, 0.6) is 0 Å². The standard InChI is InChI=1S/C59H100N8O11S/c1-12-43(6)54(48(74-10)40-51(70)67-31-22-25-47(67)55(75-11)44(7)56(71)63-46(58-62-30-38-79-58)39-45-23-18-17-19-24-45)66(9)59(73)52(41(2)3)64-57(72)53(42(4)5)65(8)50(69)26-20-15-13-14-16-21-29-61-49(68)27-32-76-34-36-78-37-35-77-33-28-60/h17-19,23-24,30,38,41-44,46-48,52-55H,12-16,20-22,25-29,31-37,39-40,60H2,1-11H3,(H,61,68)(H,63,71)(H,64,72)/t43-,44+,46-,47-,48+,52-,53-,54-,55+/m0/s1. The molecule has 9 atom stereocenters. The Morgan fingerprint density at radius 2 is 1.43 bits per heavy atom. The maximum Gasteiger partial charge on any atom is 0.245 e. The first-order chi connectivity index (χ1) is 37.9. The number of benzene rings is 1. The average molecular weight is 1130 g/mol. The molecule has 19 nitrogen and oxygen atoms in total. The van der Waals surface area contributed by atoms with E-state index < -0.39 is 42.2 Å². The minimum atomic E-state index is -0.917. The Bertz CT molecular complexity index is 2050. The number of aromatic nitrogens is 1. The topological polar surface area (TPSA) is 233 Å². The molecule has 0 spiro atoms. The van der Waals surface area contributed by atoms with Crippen molar-refractivity contribution in [2.75, 3.05) is 87.6 Å². The summed E-state index contributed by atoms with van der Waals surface area (Å²) < 4.78 is 28.3. The third-order valence-electron chi connectivity index (χ3n) is 15.2. The largest absolute Gasteiger partial charge is 0.379 e. The highest BCUT2D eigenvalue weighted by atomic mass is 32.1. The quantitative estimate of drug-likeness (QED) is 0.0534. The monoisotopic (exact) mass is 1130 g/mol. The van der Waals surface area contributed by atoms with Gasteiger partial charge in [-0.1, -0.05) is 111 Å². The van der Waals surface area contributed by atoms with Crippen LogP contribution in [0.25, 0.3) is 0 Å². The van der Waals surface area contributed by atoms with Crippen LogP contribution in [0.4, 0.5) is 0 Å². The molecule has 1 saturated heterocycles. The number of nitrogens with zero attached hydrogens (tertiary/aromatic N) is 4. The van der Waals surface area contributed by atoms with Crippen LogP contribution in [0.15, 0.2) is 41.9 Å². The average Bonchev–Trinajstić information content (AvgIpc) is 4.18. The van der Waals surface area contributed by atoms with Crippen molar-refractivity contribution >= 4 is 46.8 Å². The fraction of sp³-hybridized carbons (Fsp3) is 0.746. The Morgan fingerprint density at radius 3 is 2.03 bits per heavy atom. The first-order valence-electron chi connectivity index (χ1n) is 29.0. The Balaban J connectivity index is 1.54. The van der Waals surface area contributed by atoms with E-state index in [-0.39, 0.29) is 65.8 Å². The SMILES string of the molecule is CC[C@H](C)[C@@H]([C@@H](CC(=O)N1CCC[C@H]1[C@H](OC)[C@@H](C)C(=O)N[C@@H](Cc1ccccc1)c1nccs1)OC)N(C)C(=O)[C@@H](NC(=O)[C@H](C(C)C)N(C)C(=O)CCCCCCCCNC(=O)CCOCCOCCOCCN)C(C)C. The van der Waals surface area contributed by atoms with Gasteiger partial charge in [0.05, 0.1) is 82.3 Å². The number of carbonyl (C=O) groups is 6. The van der Waals surface area contributed by atoms with Crippen molar-refractivity contribution in [1.29, 1.82) is 0 Å². The maximum absolute atomic E-state index is 14.7. The number of rotatable bonds is 41. The first-order valence-corrected chi connectivity index (χ1v) is 29.9. The van der Waals surface area contributed by atoms with E-state index in [0.29, 0.717) is 97.8 Å². The molecule has 20 heteroatoms. The molecule has 0 aliphatic carbocycles. The van der Waals surface area contributed by atoms with E-state index in [4.69, 9.17) is 29.4 Å². The van der Waals surface area contributed by atoms with Gasteiger partial charge in [-0.25, -0.2) is 4.98 Å². The minimum Gasteiger partial charge on any atom is -0.379 e. The maximum atomic E-state index is 14.7. The highest BCUT2D eigenvalue weighted by Crippen LogP contribution is 2.31. The molecule has 448 valence electrons. The third-order valence-corrected chi connectivity index (χ3v) is 16.1. The van der Waals surface area contributed by atoms with Crippen LogP contribution in [0, 0.1) is 23.7 Å². The number of ether oxygens (including phenoxy) is 5. The second-order valence-corrected chi connectivity index (χ2v) is 22.7. The fourth-order valence-electron chi connectivity index (χ4n) is 10.5. The summed E-state index contributed by atoms with van der Waals surface area (Å²) in [6.45, 7) is 17.7. The molecule has 79 heavy (non-hydrogen) atoms. The summed E-state index contributed by atoms with van der Waals surface area (Å²) in [6, 6.07) is 7.03. The molecule has 1 aromatic heterocycles. The zero-order chi connectivity index (χ0) is 58.3. The van der Waals surface area contributed by atoms with Crippen molar-refractivity contribution in [3.05, 3.63) is 52.5 Å². The number of hydrogen-bond acceptors (Lipinski definition) is 14. The predicted octanol–water partition coefficient (Wildman–Crippen LogP) is 6.33. The van der Waals surface area contributed by atoms with E-state index in [9.17, 15) is 28.8 Å². The lowest BCUT2D eigenvalue weighted by Crippen LogP contribution is -2.60. The van der Waals surface area contributed by atoms with Crippen LogP contribution in [0.3, 0.4) is 0 Å². The molecule has 1 fully saturated rings. The van der Waals surface area contributed by atoms with Crippen molar-refractivity contribution in [1.82, 2.24) is 35.6 Å². The van der Waals surface area contributed by atoms with Crippen molar-refractivity contribution in [2.45, 2.75) is 174 Å². The number of thiazole rings is 1. The van der Waals surface area contributed by atoms with Gasteiger partial charge >= 0.3 is 0 Å². The Kier molecular flexibility index (Phi) is 33.2. The van der Waals surface area contributed by atoms with Crippen molar-refractivity contribution in [3.8, 4) is 0 Å². The lowest BCUT2D eigenvalue weighted by Gasteiger charge is -2.41. The number of nitrogens with two attached hydrogens (primary N) is 1. The molecule has 1 aromatic carbocycles. The highest BCUT2D eigenvalue weighted by Gasteiger charge is 2.44. The van der Waals surface area contributed by atoms with Crippen molar-refractivity contribution in [3.63, 3.8) is 0 Å². The van der Waals surface area contributed by atoms with Gasteiger partial charge in [-0.3, -0.25) is 28.8 Å². The number of likely N-dealkylation sites (N-methyl/N-ethyl adjacent to an activating group) is 2. The lowest BCUT2D eigenvalue weighted by molar-refractivity contribution is -0.148. The number of nitrogens with one attached hydrogen (secondary N) is 3. The zero-order valence-electron chi connectivity index (χ0n) is 49.7. The predicted molar refractivity (Wildman–Crippen MR) is 309 cm³/mol. The van der Waals surface area contributed by atoms with E-state index in [1.54, 1.807) is 39.4 Å². The summed E-state index contributed by atoms with van der Waals surface area (Å²) in [5.74, 6) is -2.45. The summed E-state index contributed by atoms with van der Waals surface area (Å²) in [7, 11) is 6.51. The molecule has 0 saturated carbocycles. The van der Waals surface area contributed by atoms with Gasteiger partial charge in [-0.05, 0) is 55.4 Å². The van der Waals surface area contributed by atoms with Gasteiger partial charge in [0.2, 0.25) is 35.4 Å². The first kappa shape index (κ1) is 68.7. The molecule has 5 N–H and O–H groups in total. The van der Waals surface area contributed by atoms with E-state index in [1.165, 1.54) is 16.2 Å². The molecule has 3 rings (SSSR count). The molecule has 0 bridgehead atoms. The van der Waals surface area contributed by atoms with Crippen LogP contribution in [-0.2, 0) is 58.9 Å². The normalized spacial score (nSPS) is 16.6. The smallest absolute Gasteiger partial charge is 0.245 e. The number of carbonyl (C=O) groups excluding carboxylic acids is 6. The summed E-state index contributed by atoms with van der Waals surface area (Å²) >= 11 is 1.49. The van der Waals surface area contributed by atoms with Gasteiger partial charge in [0, 0.05) is 72.4 Å². The number of hydrogen-bond donors (Lipinski definition) is 4. The number of methoxy groups -OCH3 is 2. The molecule has 2 heterocycles. The second-order valence-electron chi connectivity index (χ2n) is 21.7. The molecular formula is C59H100N8O11S. The van der Waals surface area contributed by atoms with Gasteiger partial charge in [0.25, 0.3) is 0 Å². The van der Waals surface area contributed by atoms with E-state index in [2.05, 4.69) is 20.9 Å². The van der Waals surface area contributed by atoms with E-state index in [1.807, 2.05) is 89.1 Å². The zero-order valence-corrected chi connectivity index (χ0v) is 50.5. The fourth-order valence-corrected chi connectivity index (χ4v) is 11.2. The molecule has 0 unspecified atom stereocenters. The van der Waals surface area contributed by atoms with Gasteiger partial charge in [0.1, 0.15) is 17.1 Å². The number of amides is 6. The van der Waals surface area contributed by atoms with Crippen molar-refractivity contribution in [2.24, 2.45) is 29.4 Å². The third kappa shape index (κ3) is 23.4. The lowest BCUT2D eigenvalue weighted by atomic mass is 9.89. The highest BCUT2D eigenvalue weighted by molar-refractivity contribution is 7.09. The number of unbranched alkanes of at least 4 members (excludes halogenated alkanes) is 5. The van der Waals surface area contributed by atoms with Crippen LogP contribution >= 0.6 is 11.3 Å². The van der Waals surface area contributed by atoms with Gasteiger partial charge in [0.15, 0.2) is 0 Å². The Morgan fingerprint density at radius 1 is 0.785 bits per heavy atom. The minimum absolute atomic E-state index is 0.0102. The van der Waals surface area contributed by atoms with Crippen LogP contribution in [0.1, 0.15) is 142 Å². The molecular weight excluding hydrogens is 1030 g/mol. The summed E-state index contributed by atoms with van der Waals surface area (Å²) in [5.41, 5.74) is 6.45. The van der Waals surface area contributed by atoms with Gasteiger partial charge in [-0.2, -0.15) is 0 Å². The van der Waals surface area contributed by atoms with E-state index >= 15 is 0 Å². The molecule has 0 radical (unpaired) electrons. The summed E-state index contributed by atoms with van der Waals surface area (Å²) in [4.78, 5) is 92.8. The summed E-state index contributed by atoms with van der Waals surface area (Å²) in [6.07, 6.45) is 9.03. The number of likely N-dealkylation sites (tertiary alicyclic amines) is 1. The van der Waals surface area contributed by atoms with Crippen LogP contribution in [-0.4, -0.2) is 179 Å².